The summed E-state index contributed by atoms with van der Waals surface area (Å²) in [4.78, 5) is 21.7. The van der Waals surface area contributed by atoms with E-state index in [0.717, 1.165) is 0 Å². The number of benzene rings is 1. The van der Waals surface area contributed by atoms with Crippen LogP contribution in [0.3, 0.4) is 0 Å². The number of fused-ring (bicyclic) bond motifs is 1. The van der Waals surface area contributed by atoms with Gasteiger partial charge in [-0.05, 0) is 12.1 Å². The standard InChI is InChI=1S/C22H29F2N9O4S/c1-36-16-4-2-3-15-17(16)26-19(18(23)24)33(15)22-28-20(27-21(29-22)31-10-12-37-13-11-31)30-6-8-32(9-7-30)38(34,35)14-5-25/h2-4,18H,5-14,25H2,1H3. The minimum absolute atomic E-state index is 0.0132. The van der Waals surface area contributed by atoms with Gasteiger partial charge < -0.3 is 25.0 Å². The Hall–Kier alpha value is -3.21. The lowest BCUT2D eigenvalue weighted by molar-refractivity contribution is 0.122. The van der Waals surface area contributed by atoms with Gasteiger partial charge in [0, 0.05) is 45.8 Å². The SMILES string of the molecule is COc1cccc2c1nc(C(F)F)n2-c1nc(N2CCOCC2)nc(N2CCN(S(=O)(=O)CCN)CC2)n1. The first-order valence-corrected chi connectivity index (χ1v) is 13.8. The number of piperazine rings is 1. The fourth-order valence-electron chi connectivity index (χ4n) is 4.55. The van der Waals surface area contributed by atoms with E-state index in [9.17, 15) is 17.2 Å². The Bertz CT molecular complexity index is 1390. The second-order valence-electron chi connectivity index (χ2n) is 8.76. The molecular formula is C22H29F2N9O4S. The monoisotopic (exact) mass is 553 g/mol. The minimum Gasteiger partial charge on any atom is -0.494 e. The van der Waals surface area contributed by atoms with Gasteiger partial charge in [0.2, 0.25) is 27.9 Å². The van der Waals surface area contributed by atoms with Gasteiger partial charge in [-0.1, -0.05) is 6.07 Å². The molecule has 1 aromatic carbocycles. The second-order valence-corrected chi connectivity index (χ2v) is 10.8. The van der Waals surface area contributed by atoms with Crippen molar-refractivity contribution < 1.29 is 26.7 Å². The Kier molecular flexibility index (Phi) is 7.56. The topological polar surface area (TPSA) is 145 Å². The quantitative estimate of drug-likeness (QED) is 0.414. The zero-order valence-electron chi connectivity index (χ0n) is 20.8. The average Bonchev–Trinajstić information content (AvgIpc) is 3.34. The molecule has 0 atom stereocenters. The van der Waals surface area contributed by atoms with Gasteiger partial charge in [0.15, 0.2) is 5.82 Å². The molecular weight excluding hydrogens is 524 g/mol. The van der Waals surface area contributed by atoms with Crippen LogP contribution >= 0.6 is 0 Å². The van der Waals surface area contributed by atoms with Gasteiger partial charge in [0.05, 0.1) is 31.6 Å². The molecule has 2 aromatic heterocycles. The van der Waals surface area contributed by atoms with Crippen molar-refractivity contribution in [2.24, 2.45) is 5.73 Å². The Morgan fingerprint density at radius 2 is 1.61 bits per heavy atom. The summed E-state index contributed by atoms with van der Waals surface area (Å²) in [5.74, 6) is 0.264. The molecule has 0 aliphatic carbocycles. The number of imidazole rings is 1. The highest BCUT2D eigenvalue weighted by Crippen LogP contribution is 2.32. The number of morpholine rings is 1. The van der Waals surface area contributed by atoms with Crippen molar-refractivity contribution >= 4 is 33.0 Å². The molecule has 5 rings (SSSR count). The second kappa shape index (κ2) is 10.9. The third-order valence-corrected chi connectivity index (χ3v) is 8.38. The Balaban J connectivity index is 1.58. The number of alkyl halides is 2. The van der Waals surface area contributed by atoms with Crippen molar-refractivity contribution in [3.05, 3.63) is 24.0 Å². The zero-order chi connectivity index (χ0) is 26.9. The molecule has 206 valence electrons. The van der Waals surface area contributed by atoms with Crippen molar-refractivity contribution in [1.29, 1.82) is 0 Å². The maximum atomic E-state index is 14.2. The average molecular weight is 554 g/mol. The highest BCUT2D eigenvalue weighted by atomic mass is 32.2. The van der Waals surface area contributed by atoms with Gasteiger partial charge >= 0.3 is 0 Å². The number of aromatic nitrogens is 5. The summed E-state index contributed by atoms with van der Waals surface area (Å²) in [7, 11) is -2.01. The predicted octanol–water partition coefficient (Wildman–Crippen LogP) is 0.404. The summed E-state index contributed by atoms with van der Waals surface area (Å²) in [5.41, 5.74) is 6.08. The highest BCUT2D eigenvalue weighted by molar-refractivity contribution is 7.89. The maximum absolute atomic E-state index is 14.2. The van der Waals surface area contributed by atoms with Gasteiger partial charge in [0.25, 0.3) is 6.43 Å². The number of para-hydroxylation sites is 1. The lowest BCUT2D eigenvalue weighted by Crippen LogP contribution is -2.50. The van der Waals surface area contributed by atoms with Crippen LogP contribution in [0, 0.1) is 0 Å². The number of nitrogens with two attached hydrogens (primary N) is 1. The van der Waals surface area contributed by atoms with E-state index in [4.69, 9.17) is 15.2 Å². The van der Waals surface area contributed by atoms with Crippen LogP contribution in [0.1, 0.15) is 12.2 Å². The number of hydrogen-bond donors (Lipinski definition) is 1. The number of rotatable bonds is 8. The molecule has 0 saturated carbocycles. The van der Waals surface area contributed by atoms with Crippen molar-refractivity contribution in [2.75, 3.05) is 81.7 Å². The Morgan fingerprint density at radius 1 is 0.974 bits per heavy atom. The first-order chi connectivity index (χ1) is 18.3. The van der Waals surface area contributed by atoms with Crippen LogP contribution < -0.4 is 20.3 Å². The van der Waals surface area contributed by atoms with E-state index in [0.29, 0.717) is 56.6 Å². The molecule has 0 unspecified atom stereocenters. The van der Waals surface area contributed by atoms with E-state index in [2.05, 4.69) is 19.9 Å². The summed E-state index contributed by atoms with van der Waals surface area (Å²) in [6.45, 7) is 3.11. The molecule has 4 heterocycles. The first-order valence-electron chi connectivity index (χ1n) is 12.2. The van der Waals surface area contributed by atoms with E-state index in [1.807, 2.05) is 9.80 Å². The maximum Gasteiger partial charge on any atom is 0.296 e. The smallest absolute Gasteiger partial charge is 0.296 e. The third kappa shape index (κ3) is 5.08. The lowest BCUT2D eigenvalue weighted by atomic mass is 10.3. The van der Waals surface area contributed by atoms with E-state index in [1.165, 1.54) is 16.0 Å². The van der Waals surface area contributed by atoms with Crippen LogP contribution in [0.15, 0.2) is 18.2 Å². The normalized spacial score (nSPS) is 17.5. The van der Waals surface area contributed by atoms with E-state index >= 15 is 0 Å². The molecule has 16 heteroatoms. The van der Waals surface area contributed by atoms with Gasteiger partial charge in [0.1, 0.15) is 11.3 Å². The van der Waals surface area contributed by atoms with Gasteiger partial charge in [-0.2, -0.15) is 19.3 Å². The molecule has 2 aliphatic rings. The number of methoxy groups -OCH3 is 1. The van der Waals surface area contributed by atoms with Crippen LogP contribution in [-0.2, 0) is 14.8 Å². The molecule has 2 fully saturated rings. The van der Waals surface area contributed by atoms with E-state index < -0.39 is 22.3 Å². The Labute approximate surface area is 218 Å². The molecule has 2 N–H and O–H groups in total. The van der Waals surface area contributed by atoms with Crippen molar-refractivity contribution in [3.8, 4) is 11.7 Å². The molecule has 2 aliphatic heterocycles. The summed E-state index contributed by atoms with van der Waals surface area (Å²) in [5, 5.41) is 0. The molecule has 13 nitrogen and oxygen atoms in total. The summed E-state index contributed by atoms with van der Waals surface area (Å²) < 4.78 is 66.7. The summed E-state index contributed by atoms with van der Waals surface area (Å²) >= 11 is 0. The van der Waals surface area contributed by atoms with Crippen LogP contribution in [0.25, 0.3) is 17.0 Å². The van der Waals surface area contributed by atoms with E-state index in [1.54, 1.807) is 18.2 Å². The van der Waals surface area contributed by atoms with E-state index in [-0.39, 0.29) is 42.8 Å². The number of nitrogens with zero attached hydrogens (tertiary/aromatic N) is 8. The fraction of sp³-hybridized carbons (Fsp3) is 0.545. The molecule has 3 aromatic rings. The largest absolute Gasteiger partial charge is 0.494 e. The Morgan fingerprint density at radius 3 is 2.21 bits per heavy atom. The lowest BCUT2D eigenvalue weighted by Gasteiger charge is -2.34. The molecule has 2 saturated heterocycles. The molecule has 0 bridgehead atoms. The number of anilines is 2. The van der Waals surface area contributed by atoms with Crippen LogP contribution in [0.4, 0.5) is 20.7 Å². The molecule has 0 spiro atoms. The molecule has 0 radical (unpaired) electrons. The van der Waals surface area contributed by atoms with Crippen LogP contribution in [-0.4, -0.2) is 109 Å². The van der Waals surface area contributed by atoms with Crippen molar-refractivity contribution in [3.63, 3.8) is 0 Å². The minimum atomic E-state index is -3.46. The highest BCUT2D eigenvalue weighted by Gasteiger charge is 2.30. The summed E-state index contributed by atoms with van der Waals surface area (Å²) in [6.07, 6.45) is -2.91. The molecule has 38 heavy (non-hydrogen) atoms. The summed E-state index contributed by atoms with van der Waals surface area (Å²) in [6, 6.07) is 4.97. The van der Waals surface area contributed by atoms with Gasteiger partial charge in [-0.25, -0.2) is 22.2 Å². The first kappa shape index (κ1) is 26.4. The fourth-order valence-corrected chi connectivity index (χ4v) is 5.82. The number of sulfonamides is 1. The van der Waals surface area contributed by atoms with Gasteiger partial charge in [-0.3, -0.25) is 4.57 Å². The van der Waals surface area contributed by atoms with Crippen molar-refractivity contribution in [1.82, 2.24) is 28.8 Å². The number of hydrogen-bond acceptors (Lipinski definition) is 11. The van der Waals surface area contributed by atoms with Gasteiger partial charge in [-0.15, -0.1) is 0 Å². The number of ether oxygens (including phenoxy) is 2. The van der Waals surface area contributed by atoms with Crippen molar-refractivity contribution in [2.45, 2.75) is 6.43 Å². The van der Waals surface area contributed by atoms with Crippen LogP contribution in [0.5, 0.6) is 5.75 Å². The molecule has 0 amide bonds. The van der Waals surface area contributed by atoms with Crippen LogP contribution in [0.2, 0.25) is 0 Å². The number of halogens is 2. The zero-order valence-corrected chi connectivity index (χ0v) is 21.6. The third-order valence-electron chi connectivity index (χ3n) is 6.47. The predicted molar refractivity (Wildman–Crippen MR) is 136 cm³/mol.